The molecule has 0 heterocycles. The second-order valence-corrected chi connectivity index (χ2v) is 15.4. The zero-order valence-corrected chi connectivity index (χ0v) is 14.4. The maximum Gasteiger partial charge on any atom is 0.184 e. The Morgan fingerprint density at radius 3 is 1.62 bits per heavy atom. The normalized spacial score (nSPS) is 17.2. The largest absolute Gasteiger partial charge is 0.412 e. The predicted octanol–water partition coefficient (Wildman–Crippen LogP) is 4.25. The molecule has 0 saturated carbocycles. The summed E-state index contributed by atoms with van der Waals surface area (Å²) in [5.41, 5.74) is 0. The Morgan fingerprint density at radius 2 is 1.31 bits per heavy atom. The van der Waals surface area contributed by atoms with Crippen LogP contribution in [0.2, 0.25) is 39.3 Å². The summed E-state index contributed by atoms with van der Waals surface area (Å²) < 4.78 is 12.4. The van der Waals surface area contributed by atoms with E-state index in [1.165, 1.54) is 0 Å². The Labute approximate surface area is 104 Å². The SMILES string of the molecule is CCCC(O[Si](C)(C)C)C(C)O[Si](C)(C)C. The second kappa shape index (κ2) is 6.33. The Kier molecular flexibility index (Phi) is 6.47. The molecule has 4 heteroatoms. The molecule has 0 radical (unpaired) electrons. The van der Waals surface area contributed by atoms with Crippen molar-refractivity contribution in [2.75, 3.05) is 0 Å². The molecule has 0 aromatic carbocycles. The molecule has 0 fully saturated rings. The van der Waals surface area contributed by atoms with E-state index in [4.69, 9.17) is 8.85 Å². The summed E-state index contributed by atoms with van der Waals surface area (Å²) in [7, 11) is -2.91. The van der Waals surface area contributed by atoms with Crippen molar-refractivity contribution in [1.82, 2.24) is 0 Å². The third kappa shape index (κ3) is 8.50. The van der Waals surface area contributed by atoms with Gasteiger partial charge < -0.3 is 8.85 Å². The minimum Gasteiger partial charge on any atom is -0.412 e. The average molecular weight is 263 g/mol. The van der Waals surface area contributed by atoms with Gasteiger partial charge in [0.15, 0.2) is 16.6 Å². The molecule has 16 heavy (non-hydrogen) atoms. The van der Waals surface area contributed by atoms with Crippen LogP contribution in [0.15, 0.2) is 0 Å². The van der Waals surface area contributed by atoms with Gasteiger partial charge in [-0.3, -0.25) is 0 Å². The number of hydrogen-bond donors (Lipinski definition) is 0. The lowest BCUT2D eigenvalue weighted by atomic mass is 10.1. The Balaban J connectivity index is 4.41. The van der Waals surface area contributed by atoms with E-state index in [9.17, 15) is 0 Å². The molecular weight excluding hydrogens is 232 g/mol. The highest BCUT2D eigenvalue weighted by Gasteiger charge is 2.28. The van der Waals surface area contributed by atoms with Gasteiger partial charge >= 0.3 is 0 Å². The van der Waals surface area contributed by atoms with Crippen LogP contribution in [0.5, 0.6) is 0 Å². The van der Waals surface area contributed by atoms with Crippen LogP contribution >= 0.6 is 0 Å². The fraction of sp³-hybridized carbons (Fsp3) is 1.00. The molecule has 0 N–H and O–H groups in total. The van der Waals surface area contributed by atoms with E-state index in [1.807, 2.05) is 0 Å². The van der Waals surface area contributed by atoms with Crippen molar-refractivity contribution in [2.24, 2.45) is 0 Å². The summed E-state index contributed by atoms with van der Waals surface area (Å²) >= 11 is 0. The first-order valence-electron chi connectivity index (χ1n) is 6.41. The van der Waals surface area contributed by atoms with E-state index in [0.29, 0.717) is 0 Å². The molecule has 0 rings (SSSR count). The predicted molar refractivity (Wildman–Crippen MR) is 77.0 cm³/mol. The van der Waals surface area contributed by atoms with E-state index in [1.54, 1.807) is 0 Å². The van der Waals surface area contributed by atoms with Crippen LogP contribution in [0.25, 0.3) is 0 Å². The lowest BCUT2D eigenvalue weighted by molar-refractivity contribution is 0.0495. The zero-order valence-electron chi connectivity index (χ0n) is 12.4. The molecular formula is C12H30O2Si2. The molecule has 0 aliphatic carbocycles. The van der Waals surface area contributed by atoms with Gasteiger partial charge in [-0.25, -0.2) is 0 Å². The Morgan fingerprint density at radius 1 is 0.875 bits per heavy atom. The monoisotopic (exact) mass is 262 g/mol. The van der Waals surface area contributed by atoms with Crippen LogP contribution in [0.4, 0.5) is 0 Å². The fourth-order valence-corrected chi connectivity index (χ4v) is 4.25. The first-order chi connectivity index (χ1) is 7.05. The van der Waals surface area contributed by atoms with Crippen LogP contribution in [0, 0.1) is 0 Å². The molecule has 2 nitrogen and oxygen atoms in total. The van der Waals surface area contributed by atoms with Gasteiger partial charge in [0.1, 0.15) is 0 Å². The quantitative estimate of drug-likeness (QED) is 0.639. The summed E-state index contributed by atoms with van der Waals surface area (Å²) in [6.07, 6.45) is 2.78. The van der Waals surface area contributed by atoms with Gasteiger partial charge in [0.2, 0.25) is 0 Å². The molecule has 0 aliphatic heterocycles. The molecule has 98 valence electrons. The van der Waals surface area contributed by atoms with Crippen LogP contribution in [0.3, 0.4) is 0 Å². The fourth-order valence-electron chi connectivity index (χ4n) is 1.76. The van der Waals surface area contributed by atoms with E-state index in [0.717, 1.165) is 12.8 Å². The molecule has 2 atom stereocenters. The minimum atomic E-state index is -1.46. The number of rotatable bonds is 7. The molecule has 0 saturated heterocycles. The minimum absolute atomic E-state index is 0.235. The molecule has 0 aromatic heterocycles. The van der Waals surface area contributed by atoms with Crippen molar-refractivity contribution < 1.29 is 8.85 Å². The second-order valence-electron chi connectivity index (χ2n) is 6.49. The first-order valence-corrected chi connectivity index (χ1v) is 13.2. The summed E-state index contributed by atoms with van der Waals surface area (Å²) in [6.45, 7) is 17.8. The molecule has 0 amide bonds. The van der Waals surface area contributed by atoms with E-state index < -0.39 is 16.6 Å². The highest BCUT2D eigenvalue weighted by Crippen LogP contribution is 2.19. The van der Waals surface area contributed by atoms with Crippen molar-refractivity contribution >= 4 is 16.6 Å². The third-order valence-corrected chi connectivity index (χ3v) is 4.23. The molecule has 0 spiro atoms. The standard InChI is InChI=1S/C12H30O2Si2/c1-9-10-12(14-16(6,7)8)11(2)13-15(3,4)5/h11-12H,9-10H2,1-8H3. The topological polar surface area (TPSA) is 18.5 Å². The van der Waals surface area contributed by atoms with Gasteiger partial charge in [-0.05, 0) is 52.6 Å². The molecule has 0 aromatic rings. The maximum atomic E-state index is 6.22. The van der Waals surface area contributed by atoms with Gasteiger partial charge in [0.25, 0.3) is 0 Å². The highest BCUT2D eigenvalue weighted by atomic mass is 28.4. The lowest BCUT2D eigenvalue weighted by Gasteiger charge is -2.34. The lowest BCUT2D eigenvalue weighted by Crippen LogP contribution is -2.43. The van der Waals surface area contributed by atoms with E-state index in [2.05, 4.69) is 53.1 Å². The number of hydrogen-bond acceptors (Lipinski definition) is 2. The van der Waals surface area contributed by atoms with E-state index >= 15 is 0 Å². The molecule has 2 unspecified atom stereocenters. The first kappa shape index (κ1) is 16.4. The van der Waals surface area contributed by atoms with Crippen LogP contribution in [0.1, 0.15) is 26.7 Å². The Bertz CT molecular complexity index is 194. The van der Waals surface area contributed by atoms with Crippen LogP contribution in [-0.4, -0.2) is 28.8 Å². The molecule has 0 bridgehead atoms. The summed E-state index contributed by atoms with van der Waals surface area (Å²) in [4.78, 5) is 0. The molecule has 0 aliphatic rings. The van der Waals surface area contributed by atoms with Gasteiger partial charge in [-0.1, -0.05) is 13.3 Å². The van der Waals surface area contributed by atoms with Gasteiger partial charge in [-0.15, -0.1) is 0 Å². The van der Waals surface area contributed by atoms with Crippen molar-refractivity contribution in [3.05, 3.63) is 0 Å². The maximum absolute atomic E-state index is 6.22. The summed E-state index contributed by atoms with van der Waals surface area (Å²) in [5, 5.41) is 0. The summed E-state index contributed by atoms with van der Waals surface area (Å²) in [5.74, 6) is 0. The van der Waals surface area contributed by atoms with Crippen molar-refractivity contribution in [2.45, 2.75) is 78.2 Å². The smallest absolute Gasteiger partial charge is 0.184 e. The van der Waals surface area contributed by atoms with Gasteiger partial charge in [-0.2, -0.15) is 0 Å². The van der Waals surface area contributed by atoms with Crippen molar-refractivity contribution in [1.29, 1.82) is 0 Å². The van der Waals surface area contributed by atoms with Crippen molar-refractivity contribution in [3.63, 3.8) is 0 Å². The van der Waals surface area contributed by atoms with Gasteiger partial charge in [0.05, 0.1) is 12.2 Å². The average Bonchev–Trinajstić information content (AvgIpc) is 1.97. The van der Waals surface area contributed by atoms with Crippen LogP contribution in [-0.2, 0) is 8.85 Å². The van der Waals surface area contributed by atoms with Crippen LogP contribution < -0.4 is 0 Å². The third-order valence-electron chi connectivity index (χ3n) is 2.14. The summed E-state index contributed by atoms with van der Waals surface area (Å²) in [6, 6.07) is 0. The Hall–Kier alpha value is 0.354. The highest BCUT2D eigenvalue weighted by molar-refractivity contribution is 6.70. The van der Waals surface area contributed by atoms with Crippen molar-refractivity contribution in [3.8, 4) is 0 Å². The van der Waals surface area contributed by atoms with Gasteiger partial charge in [0, 0.05) is 0 Å². The van der Waals surface area contributed by atoms with E-state index in [-0.39, 0.29) is 12.2 Å². The zero-order chi connectivity index (χ0) is 13.0.